The maximum Gasteiger partial charge on any atom is 0.0345 e. The topological polar surface area (TPSA) is 9.23 Å². The van der Waals surface area contributed by atoms with Crippen molar-refractivity contribution in [1.82, 2.24) is 0 Å². The zero-order chi connectivity index (χ0) is 9.36. The summed E-state index contributed by atoms with van der Waals surface area (Å²) < 4.78 is 4.89. The van der Waals surface area contributed by atoms with Crippen LogP contribution in [0, 0.1) is 0 Å². The third kappa shape index (κ3) is 5.76. The van der Waals surface area contributed by atoms with Crippen molar-refractivity contribution in [3.8, 4) is 0 Å². The van der Waals surface area contributed by atoms with E-state index in [0.717, 1.165) is 6.61 Å². The molecule has 14 heavy (non-hydrogen) atoms. The van der Waals surface area contributed by atoms with E-state index in [0.29, 0.717) is 0 Å². The van der Waals surface area contributed by atoms with E-state index in [-0.39, 0.29) is 17.1 Å². The summed E-state index contributed by atoms with van der Waals surface area (Å²) in [6.07, 6.45) is 0. The molecule has 2 rings (SSSR count). The fourth-order valence-electron chi connectivity index (χ4n) is 0.998. The summed E-state index contributed by atoms with van der Waals surface area (Å²) in [5, 5.41) is 0. The molecule has 2 aromatic rings. The average Bonchev–Trinajstić information content (AvgIpc) is 2.79. The first kappa shape index (κ1) is 13.2. The van der Waals surface area contributed by atoms with E-state index in [1.807, 2.05) is 54.6 Å². The summed E-state index contributed by atoms with van der Waals surface area (Å²) in [5.41, 5.74) is 1.24. The molecule has 0 radical (unpaired) electrons. The summed E-state index contributed by atoms with van der Waals surface area (Å²) in [5.74, 6) is 0. The molecular weight excluding hydrogens is 216 g/mol. The van der Waals surface area contributed by atoms with Crippen LogP contribution >= 0.6 is 0 Å². The van der Waals surface area contributed by atoms with Gasteiger partial charge in [-0.25, -0.2) is 12.1 Å². The molecule has 0 aliphatic heterocycles. The van der Waals surface area contributed by atoms with E-state index in [4.69, 9.17) is 4.74 Å². The summed E-state index contributed by atoms with van der Waals surface area (Å²) >= 11 is 0. The Morgan fingerprint density at radius 3 is 1.79 bits per heavy atom. The number of methoxy groups -OCH3 is 1. The van der Waals surface area contributed by atoms with Crippen molar-refractivity contribution in [3.05, 3.63) is 60.2 Å². The van der Waals surface area contributed by atoms with Gasteiger partial charge in [0.25, 0.3) is 0 Å². The van der Waals surface area contributed by atoms with E-state index < -0.39 is 0 Å². The minimum Gasteiger partial charge on any atom is -0.748 e. The quantitative estimate of drug-likeness (QED) is 0.569. The van der Waals surface area contributed by atoms with Gasteiger partial charge in [0.2, 0.25) is 0 Å². The molecule has 2 aromatic carbocycles. The molecule has 0 amide bonds. The largest absolute Gasteiger partial charge is 0.748 e. The molecule has 0 heterocycles. The molecule has 0 bridgehead atoms. The molecule has 82 valence electrons. The molecule has 0 spiro atoms. The molecule has 0 aliphatic rings. The van der Waals surface area contributed by atoms with Gasteiger partial charge in [-0.05, 0) is 0 Å². The third-order valence-corrected chi connectivity index (χ3v) is 1.60. The van der Waals surface area contributed by atoms with Gasteiger partial charge in [-0.1, -0.05) is 0 Å². The van der Waals surface area contributed by atoms with Crippen LogP contribution in [0.2, 0.25) is 0 Å². The Kier molecular flexibility index (Phi) is 8.25. The molecule has 2 heteroatoms. The van der Waals surface area contributed by atoms with E-state index in [2.05, 4.69) is 0 Å². The van der Waals surface area contributed by atoms with Gasteiger partial charge in [0.1, 0.15) is 0 Å². The number of rotatable bonds is 2. The molecule has 0 atom stereocenters. The van der Waals surface area contributed by atoms with Gasteiger partial charge < -0.3 is 35.1 Å². The molecule has 0 saturated heterocycles. The molecular formula is C12H14FeO-6. The predicted octanol–water partition coefficient (Wildman–Crippen LogP) is 2.95. The van der Waals surface area contributed by atoms with Gasteiger partial charge >= 0.3 is 0 Å². The Labute approximate surface area is 95.9 Å². The summed E-state index contributed by atoms with van der Waals surface area (Å²) in [6.45, 7) is 0.729. The maximum absolute atomic E-state index is 4.89. The van der Waals surface area contributed by atoms with Crippen molar-refractivity contribution >= 4 is 0 Å². The van der Waals surface area contributed by atoms with Gasteiger partial charge in [0, 0.05) is 30.8 Å². The zero-order valence-electron chi connectivity index (χ0n) is 8.17. The Morgan fingerprint density at radius 1 is 1.00 bits per heavy atom. The maximum atomic E-state index is 4.89. The van der Waals surface area contributed by atoms with Crippen LogP contribution in [0.3, 0.4) is 0 Å². The van der Waals surface area contributed by atoms with Crippen molar-refractivity contribution in [2.45, 2.75) is 6.61 Å². The molecule has 0 aliphatic carbocycles. The Morgan fingerprint density at radius 2 is 1.43 bits per heavy atom. The molecule has 1 nitrogen and oxygen atoms in total. The van der Waals surface area contributed by atoms with Crippen LogP contribution in [0.25, 0.3) is 0 Å². The summed E-state index contributed by atoms with van der Waals surface area (Å²) in [7, 11) is 1.70. The zero-order valence-corrected chi connectivity index (χ0v) is 9.27. The van der Waals surface area contributed by atoms with Crippen molar-refractivity contribution in [3.63, 3.8) is 0 Å². The van der Waals surface area contributed by atoms with Crippen LogP contribution in [0.15, 0.2) is 54.6 Å². The second-order valence-corrected chi connectivity index (χ2v) is 2.69. The fourth-order valence-corrected chi connectivity index (χ4v) is 0.998. The van der Waals surface area contributed by atoms with Crippen LogP contribution in [0.5, 0.6) is 0 Å². The number of hydrogen-bond acceptors (Lipinski definition) is 1. The minimum absolute atomic E-state index is 0. The van der Waals surface area contributed by atoms with E-state index in [1.54, 1.807) is 7.11 Å². The first-order valence-corrected chi connectivity index (χ1v) is 4.29. The normalized spacial score (nSPS) is 8.36. The van der Waals surface area contributed by atoms with Gasteiger partial charge in [-0.15, -0.1) is 5.56 Å². The SMILES string of the molecule is COC[c-]1cccc1.[Fe].[cH-]1[cH-][cH-][cH-][cH-]1. The van der Waals surface area contributed by atoms with Crippen LogP contribution in [-0.2, 0) is 28.4 Å². The summed E-state index contributed by atoms with van der Waals surface area (Å²) in [6, 6.07) is 18.1. The monoisotopic (exact) mass is 230 g/mol. The van der Waals surface area contributed by atoms with E-state index in [1.165, 1.54) is 5.56 Å². The van der Waals surface area contributed by atoms with Gasteiger partial charge in [0.05, 0.1) is 0 Å². The van der Waals surface area contributed by atoms with Crippen molar-refractivity contribution in [1.29, 1.82) is 0 Å². The van der Waals surface area contributed by atoms with Crippen molar-refractivity contribution in [2.75, 3.05) is 7.11 Å². The Bertz CT molecular complexity index is 254. The molecule has 0 unspecified atom stereocenters. The van der Waals surface area contributed by atoms with Crippen LogP contribution in [0.1, 0.15) is 5.56 Å². The number of ether oxygens (including phenoxy) is 1. The smallest absolute Gasteiger partial charge is 0.0345 e. The molecule has 0 N–H and O–H groups in total. The standard InChI is InChI=1S/C7H9O.C5H5.Fe/c1-8-6-7-4-2-3-5-7;1-2-4-5-3-1;/h2-5H,6H2,1H3;1-5H;/q-1;-5;. The third-order valence-electron chi connectivity index (χ3n) is 1.60. The van der Waals surface area contributed by atoms with Crippen LogP contribution < -0.4 is 0 Å². The Balaban J connectivity index is 0.000000246. The predicted molar refractivity (Wildman–Crippen MR) is 54.8 cm³/mol. The van der Waals surface area contributed by atoms with E-state index >= 15 is 0 Å². The van der Waals surface area contributed by atoms with Gasteiger partial charge in [-0.2, -0.15) is 12.1 Å². The first-order valence-electron chi connectivity index (χ1n) is 4.29. The minimum atomic E-state index is 0. The van der Waals surface area contributed by atoms with Gasteiger partial charge in [0.15, 0.2) is 0 Å². The molecule has 0 fully saturated rings. The summed E-state index contributed by atoms with van der Waals surface area (Å²) in [4.78, 5) is 0. The second-order valence-electron chi connectivity index (χ2n) is 2.69. The van der Waals surface area contributed by atoms with Crippen LogP contribution in [0.4, 0.5) is 0 Å². The van der Waals surface area contributed by atoms with Gasteiger partial charge in [-0.3, -0.25) is 0 Å². The van der Waals surface area contributed by atoms with Crippen molar-refractivity contribution < 1.29 is 21.8 Å². The van der Waals surface area contributed by atoms with Crippen LogP contribution in [-0.4, -0.2) is 7.11 Å². The molecule has 0 saturated carbocycles. The fraction of sp³-hybridized carbons (Fsp3) is 0.167. The first-order chi connectivity index (χ1) is 6.43. The molecule has 0 aromatic heterocycles. The Hall–Kier alpha value is -0.821. The van der Waals surface area contributed by atoms with E-state index in [9.17, 15) is 0 Å². The number of hydrogen-bond donors (Lipinski definition) is 0. The average molecular weight is 230 g/mol. The van der Waals surface area contributed by atoms with Crippen molar-refractivity contribution in [2.24, 2.45) is 0 Å². The second kappa shape index (κ2) is 8.76.